The van der Waals surface area contributed by atoms with E-state index in [2.05, 4.69) is 30.3 Å². The van der Waals surface area contributed by atoms with Crippen LogP contribution in [0.1, 0.15) is 40.6 Å². The van der Waals surface area contributed by atoms with E-state index in [4.69, 9.17) is 4.74 Å². The number of likely N-dealkylation sites (N-methyl/N-ethyl adjacent to an activating group) is 1. The molecule has 5 rings (SSSR count). The molecule has 0 saturated heterocycles. The highest BCUT2D eigenvalue weighted by Crippen LogP contribution is 2.44. The summed E-state index contributed by atoms with van der Waals surface area (Å²) in [4.78, 5) is 14.5. The molecule has 0 unspecified atom stereocenters. The maximum atomic E-state index is 13.0. The first-order chi connectivity index (χ1) is 14.6. The van der Waals surface area contributed by atoms with Gasteiger partial charge < -0.3 is 14.7 Å². The monoisotopic (exact) mass is 399 g/mol. The molecule has 0 bridgehead atoms. The molecule has 3 aromatic carbocycles. The van der Waals surface area contributed by atoms with Gasteiger partial charge in [-0.3, -0.25) is 0 Å². The number of benzene rings is 3. The Kier molecular flexibility index (Phi) is 4.80. The van der Waals surface area contributed by atoms with Crippen molar-refractivity contribution in [2.75, 3.05) is 13.7 Å². The van der Waals surface area contributed by atoms with Crippen molar-refractivity contribution in [1.29, 1.82) is 0 Å². The molecule has 0 fully saturated rings. The van der Waals surface area contributed by atoms with Gasteiger partial charge in [-0.25, -0.2) is 4.79 Å². The molecule has 0 saturated carbocycles. The van der Waals surface area contributed by atoms with Crippen LogP contribution in [-0.4, -0.2) is 35.9 Å². The third kappa shape index (κ3) is 3.08. The lowest BCUT2D eigenvalue weighted by Gasteiger charge is -2.36. The van der Waals surface area contributed by atoms with E-state index in [1.807, 2.05) is 42.5 Å². The first-order valence-electron chi connectivity index (χ1n) is 10.5. The largest absolute Gasteiger partial charge is 0.448 e. The second-order valence-corrected chi connectivity index (χ2v) is 8.16. The molecule has 1 N–H and O–H groups in total. The quantitative estimate of drug-likeness (QED) is 0.680. The molecule has 0 aromatic heterocycles. The van der Waals surface area contributed by atoms with Crippen LogP contribution in [-0.2, 0) is 11.2 Å². The number of hydrogen-bond acceptors (Lipinski definition) is 3. The lowest BCUT2D eigenvalue weighted by Crippen LogP contribution is -2.41. The lowest BCUT2D eigenvalue weighted by molar-refractivity contribution is 0.0345. The summed E-state index contributed by atoms with van der Waals surface area (Å²) in [7, 11) is 1.72. The van der Waals surface area contributed by atoms with Gasteiger partial charge in [-0.15, -0.1) is 0 Å². The van der Waals surface area contributed by atoms with E-state index >= 15 is 0 Å². The van der Waals surface area contributed by atoms with Crippen molar-refractivity contribution in [3.63, 3.8) is 0 Å². The van der Waals surface area contributed by atoms with Crippen molar-refractivity contribution in [1.82, 2.24) is 4.90 Å². The number of fused-ring (bicyclic) bond motifs is 4. The number of carbonyl (C=O) groups excluding carboxylic acids is 1. The van der Waals surface area contributed by atoms with Crippen molar-refractivity contribution in [3.05, 3.63) is 95.1 Å². The second kappa shape index (κ2) is 7.62. The molecular weight excluding hydrogens is 374 g/mol. The van der Waals surface area contributed by atoms with Gasteiger partial charge >= 0.3 is 6.09 Å². The number of aryl methyl sites for hydroxylation is 1. The van der Waals surface area contributed by atoms with Crippen LogP contribution < -0.4 is 0 Å². The predicted octanol–water partition coefficient (Wildman–Crippen LogP) is 4.92. The highest BCUT2D eigenvalue weighted by Gasteiger charge is 2.35. The van der Waals surface area contributed by atoms with Crippen LogP contribution in [0.5, 0.6) is 0 Å². The second-order valence-electron chi connectivity index (χ2n) is 8.16. The van der Waals surface area contributed by atoms with E-state index in [-0.39, 0.29) is 18.6 Å². The van der Waals surface area contributed by atoms with Gasteiger partial charge in [0.1, 0.15) is 6.61 Å². The van der Waals surface area contributed by atoms with Crippen LogP contribution in [0.25, 0.3) is 11.1 Å². The summed E-state index contributed by atoms with van der Waals surface area (Å²) in [5, 5.41) is 10.6. The fraction of sp³-hybridized carbons (Fsp3) is 0.269. The number of aliphatic hydroxyl groups excluding tert-OH is 1. The third-order valence-electron chi connectivity index (χ3n) is 6.49. The van der Waals surface area contributed by atoms with E-state index in [1.165, 1.54) is 27.8 Å². The van der Waals surface area contributed by atoms with Crippen LogP contribution in [0.15, 0.2) is 72.8 Å². The van der Waals surface area contributed by atoms with Crippen LogP contribution in [0.2, 0.25) is 0 Å². The summed E-state index contributed by atoms with van der Waals surface area (Å²) < 4.78 is 5.79. The third-order valence-corrected chi connectivity index (χ3v) is 6.49. The van der Waals surface area contributed by atoms with Gasteiger partial charge in [0.2, 0.25) is 0 Å². The Morgan fingerprint density at radius 1 is 0.933 bits per heavy atom. The molecule has 4 nitrogen and oxygen atoms in total. The Hall–Kier alpha value is -3.11. The van der Waals surface area contributed by atoms with Crippen molar-refractivity contribution in [2.45, 2.75) is 30.9 Å². The molecule has 2 aliphatic rings. The number of amides is 1. The normalized spacial score (nSPS) is 19.5. The van der Waals surface area contributed by atoms with E-state index < -0.39 is 12.2 Å². The van der Waals surface area contributed by atoms with Gasteiger partial charge in [0.15, 0.2) is 0 Å². The van der Waals surface area contributed by atoms with Crippen molar-refractivity contribution >= 4 is 6.09 Å². The summed E-state index contributed by atoms with van der Waals surface area (Å²) in [6.07, 6.45) is 0.470. The smallest absolute Gasteiger partial charge is 0.410 e. The first kappa shape index (κ1) is 18.9. The topological polar surface area (TPSA) is 49.8 Å². The van der Waals surface area contributed by atoms with Gasteiger partial charge in [-0.1, -0.05) is 72.8 Å². The van der Waals surface area contributed by atoms with E-state index in [1.54, 1.807) is 11.9 Å². The number of ether oxygens (including phenoxy) is 1. The zero-order chi connectivity index (χ0) is 20.7. The maximum Gasteiger partial charge on any atom is 0.410 e. The van der Waals surface area contributed by atoms with Crippen LogP contribution in [0.4, 0.5) is 4.79 Å². The minimum absolute atomic E-state index is 0.0262. The Labute approximate surface area is 176 Å². The molecule has 0 spiro atoms. The summed E-state index contributed by atoms with van der Waals surface area (Å²) in [6, 6.07) is 24.2. The maximum absolute atomic E-state index is 13.0. The molecule has 0 heterocycles. The first-order valence-corrected chi connectivity index (χ1v) is 10.5. The van der Waals surface area contributed by atoms with Gasteiger partial charge in [0.05, 0.1) is 12.1 Å². The molecule has 0 radical (unpaired) electrons. The lowest BCUT2D eigenvalue weighted by atomic mass is 9.85. The summed E-state index contributed by atoms with van der Waals surface area (Å²) >= 11 is 0. The number of rotatable bonds is 3. The molecule has 30 heavy (non-hydrogen) atoms. The molecule has 152 valence electrons. The van der Waals surface area contributed by atoms with Gasteiger partial charge in [-0.2, -0.15) is 0 Å². The van der Waals surface area contributed by atoms with Crippen LogP contribution >= 0.6 is 0 Å². The Bertz CT molecular complexity index is 1050. The Morgan fingerprint density at radius 2 is 1.50 bits per heavy atom. The molecule has 4 heteroatoms. The molecule has 2 atom stereocenters. The Morgan fingerprint density at radius 3 is 2.17 bits per heavy atom. The zero-order valence-corrected chi connectivity index (χ0v) is 17.0. The Balaban J connectivity index is 1.36. The highest BCUT2D eigenvalue weighted by molar-refractivity contribution is 5.79. The SMILES string of the molecule is CN(C(=O)OCC1c2ccccc2-c2ccccc21)[C@H]1c2ccccc2CC[C@@H]1O. The summed E-state index contributed by atoms with van der Waals surface area (Å²) in [5.41, 5.74) is 6.99. The van der Waals surface area contributed by atoms with Gasteiger partial charge in [0.25, 0.3) is 0 Å². The number of hydrogen-bond donors (Lipinski definition) is 1. The average molecular weight is 399 g/mol. The molecule has 3 aromatic rings. The van der Waals surface area contributed by atoms with E-state index in [0.29, 0.717) is 6.42 Å². The van der Waals surface area contributed by atoms with Gasteiger partial charge in [-0.05, 0) is 46.2 Å². The van der Waals surface area contributed by atoms with Crippen LogP contribution in [0, 0.1) is 0 Å². The zero-order valence-electron chi connectivity index (χ0n) is 17.0. The minimum Gasteiger partial charge on any atom is -0.448 e. The van der Waals surface area contributed by atoms with Gasteiger partial charge in [0, 0.05) is 13.0 Å². The summed E-state index contributed by atoms with van der Waals surface area (Å²) in [5.74, 6) is 0.0262. The number of nitrogens with zero attached hydrogens (tertiary/aromatic N) is 1. The highest BCUT2D eigenvalue weighted by atomic mass is 16.6. The van der Waals surface area contributed by atoms with Crippen molar-refractivity contribution in [2.24, 2.45) is 0 Å². The van der Waals surface area contributed by atoms with Crippen LogP contribution in [0.3, 0.4) is 0 Å². The van der Waals surface area contributed by atoms with E-state index in [0.717, 1.165) is 12.0 Å². The molecular formula is C26H25NO3. The predicted molar refractivity (Wildman–Crippen MR) is 116 cm³/mol. The minimum atomic E-state index is -0.592. The fourth-order valence-electron chi connectivity index (χ4n) is 5.00. The van der Waals surface area contributed by atoms with Crippen molar-refractivity contribution in [3.8, 4) is 11.1 Å². The average Bonchev–Trinajstić information content (AvgIpc) is 3.11. The van der Waals surface area contributed by atoms with Crippen molar-refractivity contribution < 1.29 is 14.6 Å². The van der Waals surface area contributed by atoms with E-state index in [9.17, 15) is 9.90 Å². The standard InChI is InChI=1S/C26H25NO3/c1-27(25-18-9-3-2-8-17(18)14-15-24(25)28)26(29)30-16-23-21-12-6-4-10-19(21)20-11-5-7-13-22(20)23/h2-13,23-25,28H,14-16H2,1H3/t24-,25-/m0/s1. The molecule has 2 aliphatic carbocycles. The fourth-order valence-corrected chi connectivity index (χ4v) is 5.00. The molecule has 0 aliphatic heterocycles. The number of carbonyl (C=O) groups is 1. The molecule has 1 amide bonds. The number of aliphatic hydroxyl groups is 1. The summed E-state index contributed by atoms with van der Waals surface area (Å²) in [6.45, 7) is 0.279.